The Bertz CT molecular complexity index is 556. The van der Waals surface area contributed by atoms with E-state index in [4.69, 9.17) is 9.26 Å². The van der Waals surface area contributed by atoms with Crippen molar-refractivity contribution in [3.8, 4) is 0 Å². The van der Waals surface area contributed by atoms with E-state index in [9.17, 15) is 14.7 Å². The second-order valence-electron chi connectivity index (χ2n) is 6.59. The maximum Gasteiger partial charge on any atom is 0.408 e. The minimum Gasteiger partial charge on any atom is -0.480 e. The molecule has 0 saturated heterocycles. The maximum absolute atomic E-state index is 11.7. The minimum absolute atomic E-state index is 0.274. The molecule has 1 aromatic heterocycles. The Balaban J connectivity index is 2.34. The number of carboxylic acids is 1. The molecule has 1 rings (SSSR count). The molecule has 0 saturated carbocycles. The Morgan fingerprint density at radius 1 is 1.40 bits per heavy atom. The summed E-state index contributed by atoms with van der Waals surface area (Å²) in [5.41, 5.74) is -0.671. The first kappa shape index (κ1) is 21.3. The lowest BCUT2D eigenvalue weighted by Gasteiger charge is -2.21. The molecule has 1 unspecified atom stereocenters. The number of carbonyl (C=O) groups is 2. The SMILES string of the molecule is CCCCc1noc(CSCCC(NC(=O)OC(C)(C)C)C(=O)O)n1. The topological polar surface area (TPSA) is 115 Å². The van der Waals surface area contributed by atoms with Crippen LogP contribution in [0.15, 0.2) is 4.52 Å². The number of rotatable bonds is 10. The van der Waals surface area contributed by atoms with Crippen LogP contribution in [0.1, 0.15) is 58.7 Å². The van der Waals surface area contributed by atoms with Crippen molar-refractivity contribution in [2.45, 2.75) is 70.8 Å². The predicted octanol–water partition coefficient (Wildman–Crippen LogP) is 3.01. The number of carboxylic acid groups (broad SMARTS) is 1. The second-order valence-corrected chi connectivity index (χ2v) is 7.69. The average Bonchev–Trinajstić information content (AvgIpc) is 2.94. The summed E-state index contributed by atoms with van der Waals surface area (Å²) >= 11 is 1.48. The zero-order valence-electron chi connectivity index (χ0n) is 15.2. The van der Waals surface area contributed by atoms with Gasteiger partial charge in [0.2, 0.25) is 5.89 Å². The number of alkyl carbamates (subject to hydrolysis) is 1. The van der Waals surface area contributed by atoms with Crippen LogP contribution >= 0.6 is 11.8 Å². The van der Waals surface area contributed by atoms with E-state index in [1.807, 2.05) is 0 Å². The zero-order chi connectivity index (χ0) is 18.9. The third-order valence-electron chi connectivity index (χ3n) is 3.03. The highest BCUT2D eigenvalue weighted by atomic mass is 32.2. The van der Waals surface area contributed by atoms with Gasteiger partial charge in [-0.15, -0.1) is 0 Å². The first-order valence-electron chi connectivity index (χ1n) is 8.32. The number of ether oxygens (including phenoxy) is 1. The van der Waals surface area contributed by atoms with Crippen molar-refractivity contribution in [3.63, 3.8) is 0 Å². The van der Waals surface area contributed by atoms with E-state index >= 15 is 0 Å². The summed E-state index contributed by atoms with van der Waals surface area (Å²) in [6, 6.07) is -0.995. The van der Waals surface area contributed by atoms with Crippen molar-refractivity contribution < 1.29 is 24.0 Å². The van der Waals surface area contributed by atoms with E-state index in [2.05, 4.69) is 22.4 Å². The van der Waals surface area contributed by atoms with Gasteiger partial charge in [-0.25, -0.2) is 9.59 Å². The molecule has 0 aliphatic heterocycles. The van der Waals surface area contributed by atoms with Crippen LogP contribution in [0.3, 0.4) is 0 Å². The van der Waals surface area contributed by atoms with Crippen molar-refractivity contribution in [2.24, 2.45) is 0 Å². The molecule has 0 aromatic carbocycles. The number of thioether (sulfide) groups is 1. The smallest absolute Gasteiger partial charge is 0.408 e. The third-order valence-corrected chi connectivity index (χ3v) is 4.01. The van der Waals surface area contributed by atoms with E-state index in [1.165, 1.54) is 11.8 Å². The normalized spacial score (nSPS) is 12.6. The Kier molecular flexibility index (Phi) is 8.74. The van der Waals surface area contributed by atoms with Crippen LogP contribution in [0.5, 0.6) is 0 Å². The summed E-state index contributed by atoms with van der Waals surface area (Å²) in [5.74, 6) is 1.18. The first-order chi connectivity index (χ1) is 11.7. The monoisotopic (exact) mass is 373 g/mol. The number of aliphatic carboxylic acids is 1. The number of aryl methyl sites for hydroxylation is 1. The molecule has 1 heterocycles. The second kappa shape index (κ2) is 10.3. The van der Waals surface area contributed by atoms with Crippen LogP contribution < -0.4 is 5.32 Å². The molecule has 25 heavy (non-hydrogen) atoms. The number of hydrogen-bond donors (Lipinski definition) is 2. The van der Waals surface area contributed by atoms with Crippen LogP contribution in [-0.4, -0.2) is 44.7 Å². The summed E-state index contributed by atoms with van der Waals surface area (Å²) < 4.78 is 10.2. The first-order valence-corrected chi connectivity index (χ1v) is 9.48. The summed E-state index contributed by atoms with van der Waals surface area (Å²) in [6.07, 6.45) is 2.42. The van der Waals surface area contributed by atoms with Gasteiger partial charge >= 0.3 is 12.1 Å². The van der Waals surface area contributed by atoms with Crippen LogP contribution in [0.25, 0.3) is 0 Å². The van der Waals surface area contributed by atoms with Gasteiger partial charge in [0.05, 0.1) is 5.75 Å². The van der Waals surface area contributed by atoms with Gasteiger partial charge in [0.25, 0.3) is 0 Å². The van der Waals surface area contributed by atoms with Gasteiger partial charge in [-0.3, -0.25) is 0 Å². The van der Waals surface area contributed by atoms with Gasteiger partial charge in [0, 0.05) is 6.42 Å². The van der Waals surface area contributed by atoms with Crippen LogP contribution in [0.4, 0.5) is 4.79 Å². The van der Waals surface area contributed by atoms with E-state index in [0.29, 0.717) is 23.2 Å². The third kappa shape index (κ3) is 9.33. The van der Waals surface area contributed by atoms with Crippen molar-refractivity contribution in [1.82, 2.24) is 15.5 Å². The number of carbonyl (C=O) groups excluding carboxylic acids is 1. The highest BCUT2D eigenvalue weighted by molar-refractivity contribution is 7.98. The quantitative estimate of drug-likeness (QED) is 0.602. The van der Waals surface area contributed by atoms with Crippen molar-refractivity contribution in [2.75, 3.05) is 5.75 Å². The maximum atomic E-state index is 11.7. The van der Waals surface area contributed by atoms with Gasteiger partial charge in [-0.1, -0.05) is 18.5 Å². The van der Waals surface area contributed by atoms with Gasteiger partial charge in [-0.2, -0.15) is 16.7 Å². The van der Waals surface area contributed by atoms with E-state index in [1.54, 1.807) is 20.8 Å². The largest absolute Gasteiger partial charge is 0.480 e. The number of hydrogen-bond acceptors (Lipinski definition) is 7. The van der Waals surface area contributed by atoms with Crippen molar-refractivity contribution >= 4 is 23.8 Å². The van der Waals surface area contributed by atoms with Crippen LogP contribution in [-0.2, 0) is 21.7 Å². The molecule has 1 amide bonds. The molecular formula is C16H27N3O5S. The number of aromatic nitrogens is 2. The summed E-state index contributed by atoms with van der Waals surface area (Å²) in [7, 11) is 0. The lowest BCUT2D eigenvalue weighted by molar-refractivity contribution is -0.139. The molecule has 9 heteroatoms. The Morgan fingerprint density at radius 3 is 2.72 bits per heavy atom. The predicted molar refractivity (Wildman–Crippen MR) is 94.5 cm³/mol. The van der Waals surface area contributed by atoms with E-state index < -0.39 is 23.7 Å². The van der Waals surface area contributed by atoms with Gasteiger partial charge in [0.1, 0.15) is 11.6 Å². The Hall–Kier alpha value is -1.77. The molecule has 2 N–H and O–H groups in total. The number of nitrogens with one attached hydrogen (secondary N) is 1. The lowest BCUT2D eigenvalue weighted by Crippen LogP contribution is -2.43. The minimum atomic E-state index is -1.09. The summed E-state index contributed by atoms with van der Waals surface area (Å²) in [6.45, 7) is 7.26. The molecule has 0 radical (unpaired) electrons. The molecule has 1 aromatic rings. The highest BCUT2D eigenvalue weighted by Gasteiger charge is 2.23. The molecule has 0 spiro atoms. The molecule has 0 aliphatic rings. The number of nitrogens with zero attached hydrogens (tertiary/aromatic N) is 2. The summed E-state index contributed by atoms with van der Waals surface area (Å²) in [4.78, 5) is 27.2. The zero-order valence-corrected chi connectivity index (χ0v) is 16.0. The van der Waals surface area contributed by atoms with Gasteiger partial charge < -0.3 is 19.7 Å². The average molecular weight is 373 g/mol. The fraction of sp³-hybridized carbons (Fsp3) is 0.750. The van der Waals surface area contributed by atoms with E-state index in [0.717, 1.165) is 19.3 Å². The molecule has 0 bridgehead atoms. The molecule has 0 aliphatic carbocycles. The van der Waals surface area contributed by atoms with Gasteiger partial charge in [0.15, 0.2) is 5.82 Å². The standard InChI is InChI=1S/C16H27N3O5S/c1-5-6-7-12-18-13(24-19-12)10-25-9-8-11(14(20)21)17-15(22)23-16(2,3)4/h11H,5-10H2,1-4H3,(H,17,22)(H,20,21). The highest BCUT2D eigenvalue weighted by Crippen LogP contribution is 2.14. The lowest BCUT2D eigenvalue weighted by atomic mass is 10.2. The molecule has 8 nitrogen and oxygen atoms in total. The fourth-order valence-corrected chi connectivity index (χ4v) is 2.69. The Labute approximate surface area is 152 Å². The molecule has 142 valence electrons. The number of unbranched alkanes of at least 4 members (excludes halogenated alkanes) is 1. The van der Waals surface area contributed by atoms with Crippen LogP contribution in [0.2, 0.25) is 0 Å². The van der Waals surface area contributed by atoms with Gasteiger partial charge in [-0.05, 0) is 39.4 Å². The van der Waals surface area contributed by atoms with Crippen LogP contribution in [0, 0.1) is 0 Å². The fourth-order valence-electron chi connectivity index (χ4n) is 1.85. The molecule has 1 atom stereocenters. The molecule has 0 fully saturated rings. The summed E-state index contributed by atoms with van der Waals surface area (Å²) in [5, 5.41) is 15.5. The van der Waals surface area contributed by atoms with E-state index in [-0.39, 0.29) is 6.42 Å². The Morgan fingerprint density at radius 2 is 2.12 bits per heavy atom. The number of amides is 1. The van der Waals surface area contributed by atoms with Crippen molar-refractivity contribution in [1.29, 1.82) is 0 Å². The van der Waals surface area contributed by atoms with Crippen molar-refractivity contribution in [3.05, 3.63) is 11.7 Å². The molecular weight excluding hydrogens is 346 g/mol.